The van der Waals surface area contributed by atoms with E-state index in [0.29, 0.717) is 18.7 Å². The summed E-state index contributed by atoms with van der Waals surface area (Å²) in [7, 11) is 0. The van der Waals surface area contributed by atoms with Crippen LogP contribution in [0, 0.1) is 0 Å². The number of carbonyl (C=O) groups is 2. The van der Waals surface area contributed by atoms with E-state index in [2.05, 4.69) is 23.5 Å². The number of thioether (sulfide) groups is 1. The van der Waals surface area contributed by atoms with Gasteiger partial charge in [0.25, 0.3) is 0 Å². The van der Waals surface area contributed by atoms with Gasteiger partial charge in [0.15, 0.2) is 0 Å². The highest BCUT2D eigenvalue weighted by Gasteiger charge is 2.20. The van der Waals surface area contributed by atoms with Crippen molar-refractivity contribution in [3.63, 3.8) is 0 Å². The highest BCUT2D eigenvalue weighted by Crippen LogP contribution is 2.27. The van der Waals surface area contributed by atoms with Gasteiger partial charge in [-0.2, -0.15) is 0 Å². The smallest absolute Gasteiger partial charge is 0.234 e. The zero-order valence-corrected chi connectivity index (χ0v) is 16.2. The Hall–Kier alpha value is -2.27. The van der Waals surface area contributed by atoms with Crippen molar-refractivity contribution in [2.24, 2.45) is 0 Å². The number of hydrogen-bond donors (Lipinski definition) is 1. The summed E-state index contributed by atoms with van der Waals surface area (Å²) in [5, 5.41) is 2.98. The molecule has 4 rings (SSSR count). The number of fused-ring (bicyclic) bond motifs is 1. The molecular weight excluding hydrogens is 356 g/mol. The first-order valence-electron chi connectivity index (χ1n) is 9.58. The quantitative estimate of drug-likeness (QED) is 0.770. The van der Waals surface area contributed by atoms with E-state index in [1.54, 1.807) is 11.8 Å². The van der Waals surface area contributed by atoms with Crippen LogP contribution >= 0.6 is 11.8 Å². The summed E-state index contributed by atoms with van der Waals surface area (Å²) in [6.45, 7) is 1.44. The number of carbonyl (C=O) groups excluding carboxylic acids is 2. The second-order valence-corrected chi connectivity index (χ2v) is 8.29. The van der Waals surface area contributed by atoms with Gasteiger partial charge in [0.05, 0.1) is 5.75 Å². The lowest BCUT2D eigenvalue weighted by Gasteiger charge is -2.16. The predicted molar refractivity (Wildman–Crippen MR) is 109 cm³/mol. The molecule has 2 aliphatic rings. The van der Waals surface area contributed by atoms with Crippen LogP contribution in [0.5, 0.6) is 0 Å². The van der Waals surface area contributed by atoms with E-state index in [9.17, 15) is 9.59 Å². The highest BCUT2D eigenvalue weighted by atomic mass is 32.2. The molecule has 2 aromatic carbocycles. The van der Waals surface area contributed by atoms with Crippen molar-refractivity contribution < 1.29 is 9.59 Å². The first kappa shape index (κ1) is 18.1. The van der Waals surface area contributed by atoms with Gasteiger partial charge in [-0.05, 0) is 66.6 Å². The van der Waals surface area contributed by atoms with Gasteiger partial charge in [0.1, 0.15) is 0 Å². The SMILES string of the molecule is O=C(CSc1ccc2c(c1)CCC2)Nc1cccc(CN2CCCC2=O)c1. The lowest BCUT2D eigenvalue weighted by Crippen LogP contribution is -2.23. The van der Waals surface area contributed by atoms with Crippen molar-refractivity contribution in [3.05, 3.63) is 59.2 Å². The first-order valence-corrected chi connectivity index (χ1v) is 10.6. The lowest BCUT2D eigenvalue weighted by atomic mass is 10.1. The molecule has 0 saturated carbocycles. The van der Waals surface area contributed by atoms with Gasteiger partial charge in [0.2, 0.25) is 11.8 Å². The van der Waals surface area contributed by atoms with Crippen molar-refractivity contribution in [1.29, 1.82) is 0 Å². The van der Waals surface area contributed by atoms with Crippen LogP contribution in [-0.4, -0.2) is 29.0 Å². The molecule has 1 fully saturated rings. The molecule has 0 radical (unpaired) electrons. The number of likely N-dealkylation sites (tertiary alicyclic amines) is 1. The largest absolute Gasteiger partial charge is 0.338 e. The molecule has 4 nitrogen and oxygen atoms in total. The molecule has 0 aromatic heterocycles. The summed E-state index contributed by atoms with van der Waals surface area (Å²) in [6.07, 6.45) is 5.16. The first-order chi connectivity index (χ1) is 13.2. The molecule has 27 heavy (non-hydrogen) atoms. The van der Waals surface area contributed by atoms with Gasteiger partial charge in [-0.1, -0.05) is 18.2 Å². The van der Waals surface area contributed by atoms with Crippen molar-refractivity contribution in [3.8, 4) is 0 Å². The summed E-state index contributed by atoms with van der Waals surface area (Å²) in [6, 6.07) is 14.3. The minimum Gasteiger partial charge on any atom is -0.338 e. The normalized spacial score (nSPS) is 15.9. The zero-order chi connectivity index (χ0) is 18.6. The molecule has 1 saturated heterocycles. The second kappa shape index (κ2) is 8.17. The summed E-state index contributed by atoms with van der Waals surface area (Å²) in [4.78, 5) is 27.2. The maximum atomic E-state index is 12.3. The molecule has 5 heteroatoms. The van der Waals surface area contributed by atoms with E-state index in [0.717, 1.165) is 35.5 Å². The summed E-state index contributed by atoms with van der Waals surface area (Å²) in [5.74, 6) is 0.609. The molecule has 0 atom stereocenters. The van der Waals surface area contributed by atoms with E-state index in [1.165, 1.54) is 24.0 Å². The number of nitrogens with zero attached hydrogens (tertiary/aromatic N) is 1. The Kier molecular flexibility index (Phi) is 5.48. The Morgan fingerprint density at radius 3 is 2.78 bits per heavy atom. The minimum absolute atomic E-state index is 0.00472. The number of rotatable bonds is 6. The van der Waals surface area contributed by atoms with Gasteiger partial charge in [-0.3, -0.25) is 9.59 Å². The molecule has 1 N–H and O–H groups in total. The number of benzene rings is 2. The summed E-state index contributed by atoms with van der Waals surface area (Å²) < 4.78 is 0. The average molecular weight is 381 g/mol. The number of aryl methyl sites for hydroxylation is 2. The number of nitrogens with one attached hydrogen (secondary N) is 1. The third-order valence-corrected chi connectivity index (χ3v) is 6.19. The van der Waals surface area contributed by atoms with Gasteiger partial charge in [-0.15, -0.1) is 11.8 Å². The monoisotopic (exact) mass is 380 g/mol. The van der Waals surface area contributed by atoms with Crippen LogP contribution in [0.4, 0.5) is 5.69 Å². The van der Waals surface area contributed by atoms with E-state index in [1.807, 2.05) is 29.2 Å². The van der Waals surface area contributed by atoms with E-state index in [-0.39, 0.29) is 11.8 Å². The fraction of sp³-hybridized carbons (Fsp3) is 0.364. The molecule has 0 unspecified atom stereocenters. The van der Waals surface area contributed by atoms with E-state index >= 15 is 0 Å². The van der Waals surface area contributed by atoms with Crippen LogP contribution in [0.1, 0.15) is 36.0 Å². The Labute approximate surface area is 164 Å². The molecule has 1 aliphatic heterocycles. The highest BCUT2D eigenvalue weighted by molar-refractivity contribution is 8.00. The molecule has 0 bridgehead atoms. The Balaban J connectivity index is 1.31. The van der Waals surface area contributed by atoms with Gasteiger partial charge in [-0.25, -0.2) is 0 Å². The zero-order valence-electron chi connectivity index (χ0n) is 15.4. The molecular formula is C22H24N2O2S. The van der Waals surface area contributed by atoms with Crippen LogP contribution in [0.2, 0.25) is 0 Å². The summed E-state index contributed by atoms with van der Waals surface area (Å²) in [5.41, 5.74) is 4.73. The van der Waals surface area contributed by atoms with Crippen LogP contribution in [-0.2, 0) is 29.0 Å². The van der Waals surface area contributed by atoms with E-state index in [4.69, 9.17) is 0 Å². The molecule has 0 spiro atoms. The van der Waals surface area contributed by atoms with Crippen LogP contribution < -0.4 is 5.32 Å². The Morgan fingerprint density at radius 1 is 1.04 bits per heavy atom. The maximum Gasteiger partial charge on any atom is 0.234 e. The molecule has 2 amide bonds. The van der Waals surface area contributed by atoms with E-state index < -0.39 is 0 Å². The van der Waals surface area contributed by atoms with Crippen molar-refractivity contribution in [2.75, 3.05) is 17.6 Å². The van der Waals surface area contributed by atoms with Crippen LogP contribution in [0.25, 0.3) is 0 Å². The third kappa shape index (κ3) is 4.53. The van der Waals surface area contributed by atoms with Crippen molar-refractivity contribution in [1.82, 2.24) is 4.90 Å². The van der Waals surface area contributed by atoms with Crippen LogP contribution in [0.3, 0.4) is 0 Å². The predicted octanol–water partition coefficient (Wildman–Crippen LogP) is 4.03. The Bertz CT molecular complexity index is 865. The Morgan fingerprint density at radius 2 is 1.93 bits per heavy atom. The van der Waals surface area contributed by atoms with Gasteiger partial charge in [0, 0.05) is 30.1 Å². The molecule has 1 aliphatic carbocycles. The lowest BCUT2D eigenvalue weighted by molar-refractivity contribution is -0.128. The van der Waals surface area contributed by atoms with Gasteiger partial charge < -0.3 is 10.2 Å². The topological polar surface area (TPSA) is 49.4 Å². The van der Waals surface area contributed by atoms with Crippen LogP contribution in [0.15, 0.2) is 47.4 Å². The third-order valence-electron chi connectivity index (χ3n) is 5.20. The molecule has 2 aromatic rings. The second-order valence-electron chi connectivity index (χ2n) is 7.24. The number of hydrogen-bond acceptors (Lipinski definition) is 3. The molecule has 140 valence electrons. The minimum atomic E-state index is -0.00472. The summed E-state index contributed by atoms with van der Waals surface area (Å²) >= 11 is 1.58. The number of anilines is 1. The van der Waals surface area contributed by atoms with Crippen molar-refractivity contribution in [2.45, 2.75) is 43.5 Å². The average Bonchev–Trinajstić information content (AvgIpc) is 3.29. The molecule has 1 heterocycles. The standard InChI is InChI=1S/C22H24N2O2S/c25-21(15-27-20-10-9-17-5-2-6-18(17)13-20)23-19-7-1-4-16(12-19)14-24-11-3-8-22(24)26/h1,4,7,9-10,12-13H,2-3,5-6,8,11,14-15H2,(H,23,25). The fourth-order valence-corrected chi connectivity index (χ4v) is 4.58. The maximum absolute atomic E-state index is 12.3. The van der Waals surface area contributed by atoms with Crippen molar-refractivity contribution >= 4 is 29.3 Å². The van der Waals surface area contributed by atoms with Gasteiger partial charge >= 0.3 is 0 Å². The fourth-order valence-electron chi connectivity index (χ4n) is 3.82. The number of amides is 2.